The number of aryl methyl sites for hydroxylation is 1. The molecule has 0 saturated heterocycles. The molecule has 0 spiro atoms. The van der Waals surface area contributed by atoms with Gasteiger partial charge in [0.25, 0.3) is 5.91 Å². The van der Waals surface area contributed by atoms with Gasteiger partial charge >= 0.3 is 0 Å². The summed E-state index contributed by atoms with van der Waals surface area (Å²) in [5, 5.41) is 5.28. The van der Waals surface area contributed by atoms with Crippen molar-refractivity contribution in [1.82, 2.24) is 10.0 Å². The SMILES string of the molecule is Cc1cccc(C(=O)N[C@@H](C)C(=O)Nc2cccc(S(=O)(=O)NC(C)(C)C)c2)c1. The molecule has 2 rings (SSSR count). The van der Waals surface area contributed by atoms with E-state index in [0.717, 1.165) is 5.56 Å². The molecular weight excluding hydrogens is 390 g/mol. The van der Waals surface area contributed by atoms with Gasteiger partial charge in [0.05, 0.1) is 4.90 Å². The number of sulfonamides is 1. The van der Waals surface area contributed by atoms with Crippen LogP contribution < -0.4 is 15.4 Å². The smallest absolute Gasteiger partial charge is 0.251 e. The average molecular weight is 418 g/mol. The van der Waals surface area contributed by atoms with Gasteiger partial charge in [-0.2, -0.15) is 0 Å². The molecule has 29 heavy (non-hydrogen) atoms. The maximum Gasteiger partial charge on any atom is 0.251 e. The van der Waals surface area contributed by atoms with Gasteiger partial charge in [-0.1, -0.05) is 23.8 Å². The lowest BCUT2D eigenvalue weighted by atomic mass is 10.1. The third-order valence-corrected chi connectivity index (χ3v) is 5.63. The molecule has 2 amide bonds. The topological polar surface area (TPSA) is 104 Å². The summed E-state index contributed by atoms with van der Waals surface area (Å²) in [5.74, 6) is -0.814. The van der Waals surface area contributed by atoms with E-state index in [1.165, 1.54) is 12.1 Å². The molecule has 0 radical (unpaired) electrons. The predicted octanol–water partition coefficient (Wildman–Crippen LogP) is 2.83. The molecule has 3 N–H and O–H groups in total. The summed E-state index contributed by atoms with van der Waals surface area (Å²) in [5.41, 5.74) is 1.10. The Morgan fingerprint density at radius 3 is 2.28 bits per heavy atom. The lowest BCUT2D eigenvalue weighted by Gasteiger charge is -2.20. The molecule has 7 nitrogen and oxygen atoms in total. The second kappa shape index (κ2) is 8.75. The van der Waals surface area contributed by atoms with Gasteiger partial charge in [0.15, 0.2) is 0 Å². The number of hydrogen-bond acceptors (Lipinski definition) is 4. The number of rotatable bonds is 6. The Morgan fingerprint density at radius 2 is 1.66 bits per heavy atom. The standard InChI is InChI=1S/C21H27N3O4S/c1-14-8-6-9-16(12-14)20(26)22-15(2)19(25)23-17-10-7-11-18(13-17)29(27,28)24-21(3,4)5/h6-13,15,24H,1-5H3,(H,22,26)(H,23,25)/t15-/m0/s1. The van der Waals surface area contributed by atoms with E-state index in [-0.39, 0.29) is 10.8 Å². The monoisotopic (exact) mass is 417 g/mol. The van der Waals surface area contributed by atoms with Crippen LogP contribution in [-0.4, -0.2) is 31.8 Å². The van der Waals surface area contributed by atoms with Crippen molar-refractivity contribution in [3.05, 3.63) is 59.7 Å². The molecule has 2 aromatic carbocycles. The van der Waals surface area contributed by atoms with Crippen molar-refractivity contribution in [2.75, 3.05) is 5.32 Å². The van der Waals surface area contributed by atoms with Crippen molar-refractivity contribution in [2.45, 2.75) is 51.1 Å². The Bertz CT molecular complexity index is 1010. The van der Waals surface area contributed by atoms with Crippen molar-refractivity contribution in [3.8, 4) is 0 Å². The molecule has 0 aliphatic rings. The molecule has 0 aromatic heterocycles. The fourth-order valence-corrected chi connectivity index (χ4v) is 4.05. The molecule has 8 heteroatoms. The number of benzene rings is 2. The summed E-state index contributed by atoms with van der Waals surface area (Å²) in [4.78, 5) is 24.8. The maximum absolute atomic E-state index is 12.5. The van der Waals surface area contributed by atoms with Gasteiger partial charge in [0.1, 0.15) is 6.04 Å². The van der Waals surface area contributed by atoms with Crippen LogP contribution in [0.2, 0.25) is 0 Å². The Labute approximate surface area is 172 Å². The van der Waals surface area contributed by atoms with Crippen molar-refractivity contribution in [1.29, 1.82) is 0 Å². The number of carbonyl (C=O) groups excluding carboxylic acids is 2. The number of carbonyl (C=O) groups is 2. The van der Waals surface area contributed by atoms with Crippen LogP contribution in [0.1, 0.15) is 43.6 Å². The van der Waals surface area contributed by atoms with E-state index >= 15 is 0 Å². The Kier molecular flexibility index (Phi) is 6.81. The highest BCUT2D eigenvalue weighted by Crippen LogP contribution is 2.17. The van der Waals surface area contributed by atoms with E-state index in [1.807, 2.05) is 13.0 Å². The zero-order valence-corrected chi connectivity index (χ0v) is 18.1. The van der Waals surface area contributed by atoms with Crippen LogP contribution in [0.3, 0.4) is 0 Å². The van der Waals surface area contributed by atoms with Crippen LogP contribution in [0, 0.1) is 6.92 Å². The molecular formula is C21H27N3O4S. The number of anilines is 1. The fourth-order valence-electron chi connectivity index (χ4n) is 2.59. The third-order valence-electron chi connectivity index (χ3n) is 3.87. The highest BCUT2D eigenvalue weighted by molar-refractivity contribution is 7.89. The molecule has 0 saturated carbocycles. The number of nitrogens with one attached hydrogen (secondary N) is 3. The quantitative estimate of drug-likeness (QED) is 0.672. The number of amides is 2. The van der Waals surface area contributed by atoms with Gasteiger partial charge in [0, 0.05) is 16.8 Å². The summed E-state index contributed by atoms with van der Waals surface area (Å²) in [6.07, 6.45) is 0. The lowest BCUT2D eigenvalue weighted by molar-refractivity contribution is -0.117. The van der Waals surface area contributed by atoms with E-state index in [9.17, 15) is 18.0 Å². The van der Waals surface area contributed by atoms with E-state index < -0.39 is 27.5 Å². The molecule has 0 aliphatic carbocycles. The first-order chi connectivity index (χ1) is 13.4. The summed E-state index contributed by atoms with van der Waals surface area (Å²) in [7, 11) is -3.73. The maximum atomic E-state index is 12.5. The summed E-state index contributed by atoms with van der Waals surface area (Å²) >= 11 is 0. The molecule has 0 fully saturated rings. The van der Waals surface area contributed by atoms with Gasteiger partial charge < -0.3 is 10.6 Å². The average Bonchev–Trinajstić information content (AvgIpc) is 2.59. The van der Waals surface area contributed by atoms with E-state index in [4.69, 9.17) is 0 Å². The van der Waals surface area contributed by atoms with Crippen LogP contribution >= 0.6 is 0 Å². The normalized spacial score (nSPS) is 12.9. The van der Waals surface area contributed by atoms with Gasteiger partial charge in [-0.05, 0) is 65.0 Å². The predicted molar refractivity (Wildman–Crippen MR) is 113 cm³/mol. The first-order valence-electron chi connectivity index (χ1n) is 9.20. The van der Waals surface area contributed by atoms with Crippen LogP contribution in [0.4, 0.5) is 5.69 Å². The Hall–Kier alpha value is -2.71. The zero-order chi connectivity index (χ0) is 21.8. The molecule has 1 atom stereocenters. The minimum Gasteiger partial charge on any atom is -0.341 e. The van der Waals surface area contributed by atoms with Gasteiger partial charge in [-0.15, -0.1) is 0 Å². The zero-order valence-electron chi connectivity index (χ0n) is 17.2. The first kappa shape index (κ1) is 22.6. The molecule has 0 bridgehead atoms. The molecule has 0 unspecified atom stereocenters. The fraction of sp³-hybridized carbons (Fsp3) is 0.333. The van der Waals surface area contributed by atoms with Crippen LogP contribution in [-0.2, 0) is 14.8 Å². The van der Waals surface area contributed by atoms with E-state index in [0.29, 0.717) is 11.3 Å². The second-order valence-corrected chi connectivity index (χ2v) is 9.62. The van der Waals surface area contributed by atoms with Crippen molar-refractivity contribution < 1.29 is 18.0 Å². The second-order valence-electron chi connectivity index (χ2n) is 7.94. The van der Waals surface area contributed by atoms with Gasteiger partial charge in [0.2, 0.25) is 15.9 Å². The minimum atomic E-state index is -3.73. The van der Waals surface area contributed by atoms with Crippen LogP contribution in [0.25, 0.3) is 0 Å². The number of hydrogen-bond donors (Lipinski definition) is 3. The third kappa shape index (κ3) is 6.69. The van der Waals surface area contributed by atoms with Crippen LogP contribution in [0.5, 0.6) is 0 Å². The Balaban J connectivity index is 2.08. The van der Waals surface area contributed by atoms with E-state index in [2.05, 4.69) is 15.4 Å². The van der Waals surface area contributed by atoms with Crippen molar-refractivity contribution in [3.63, 3.8) is 0 Å². The van der Waals surface area contributed by atoms with Gasteiger partial charge in [-0.25, -0.2) is 13.1 Å². The molecule has 0 heterocycles. The lowest BCUT2D eigenvalue weighted by Crippen LogP contribution is -2.41. The summed E-state index contributed by atoms with van der Waals surface area (Å²) < 4.78 is 27.5. The molecule has 0 aliphatic heterocycles. The molecule has 156 valence electrons. The summed E-state index contributed by atoms with van der Waals surface area (Å²) in [6.45, 7) is 8.67. The van der Waals surface area contributed by atoms with Gasteiger partial charge in [-0.3, -0.25) is 9.59 Å². The first-order valence-corrected chi connectivity index (χ1v) is 10.7. The van der Waals surface area contributed by atoms with Crippen LogP contribution in [0.15, 0.2) is 53.4 Å². The Morgan fingerprint density at radius 1 is 1.00 bits per heavy atom. The highest BCUT2D eigenvalue weighted by Gasteiger charge is 2.23. The molecule has 2 aromatic rings. The van der Waals surface area contributed by atoms with Crippen molar-refractivity contribution in [2.24, 2.45) is 0 Å². The van der Waals surface area contributed by atoms with E-state index in [1.54, 1.807) is 58.0 Å². The van der Waals surface area contributed by atoms with Crippen molar-refractivity contribution >= 4 is 27.5 Å². The minimum absolute atomic E-state index is 0.0432. The summed E-state index contributed by atoms with van der Waals surface area (Å²) in [6, 6.07) is 12.2. The largest absolute Gasteiger partial charge is 0.341 e. The highest BCUT2D eigenvalue weighted by atomic mass is 32.2.